The average molecular weight is 271 g/mol. The molecule has 0 saturated carbocycles. The Morgan fingerprint density at radius 2 is 1.80 bits per heavy atom. The molecule has 0 unspecified atom stereocenters. The molecule has 102 valence electrons. The van der Waals surface area contributed by atoms with Crippen LogP contribution >= 0.6 is 0 Å². The van der Waals surface area contributed by atoms with Crippen LogP contribution in [0.25, 0.3) is 11.4 Å². The van der Waals surface area contributed by atoms with E-state index < -0.39 is 0 Å². The minimum Gasteiger partial charge on any atom is -0.337 e. The summed E-state index contributed by atoms with van der Waals surface area (Å²) in [6.07, 6.45) is 0.523. The molecule has 1 fully saturated rings. The molecular weight excluding hydrogens is 258 g/mol. The number of hydrogen-bond donors (Lipinski definition) is 0. The highest BCUT2D eigenvalue weighted by Gasteiger charge is 2.30. The number of likely N-dealkylation sites (tertiary alicyclic amines) is 1. The van der Waals surface area contributed by atoms with Gasteiger partial charge in [0.05, 0.1) is 0 Å². The Balaban J connectivity index is 1.78. The van der Waals surface area contributed by atoms with Crippen LogP contribution in [0.2, 0.25) is 0 Å². The second-order valence-electron chi connectivity index (χ2n) is 4.75. The summed E-state index contributed by atoms with van der Waals surface area (Å²) in [6, 6.07) is 7.71. The number of aromatic nitrogens is 2. The average Bonchev–Trinajstić information content (AvgIpc) is 3.02. The summed E-state index contributed by atoms with van der Waals surface area (Å²) < 4.78 is 5.10. The van der Waals surface area contributed by atoms with Crippen molar-refractivity contribution in [2.45, 2.75) is 26.3 Å². The van der Waals surface area contributed by atoms with Crippen LogP contribution in [0.3, 0.4) is 0 Å². The number of rotatable bonds is 3. The zero-order chi connectivity index (χ0) is 14.1. The van der Waals surface area contributed by atoms with Gasteiger partial charge in [0.1, 0.15) is 6.54 Å². The van der Waals surface area contributed by atoms with Crippen molar-refractivity contribution >= 4 is 11.8 Å². The lowest BCUT2D eigenvalue weighted by Gasteiger charge is -2.09. The van der Waals surface area contributed by atoms with Crippen LogP contribution in [-0.2, 0) is 16.1 Å². The van der Waals surface area contributed by atoms with Crippen LogP contribution < -0.4 is 0 Å². The smallest absolute Gasteiger partial charge is 0.247 e. The summed E-state index contributed by atoms with van der Waals surface area (Å²) in [5.74, 6) is 0.346. The fourth-order valence-electron chi connectivity index (χ4n) is 2.07. The van der Waals surface area contributed by atoms with Crippen molar-refractivity contribution in [3.05, 3.63) is 35.7 Å². The van der Waals surface area contributed by atoms with Gasteiger partial charge in [-0.15, -0.1) is 0 Å². The van der Waals surface area contributed by atoms with E-state index in [0.717, 1.165) is 16.0 Å². The Kier molecular flexibility index (Phi) is 3.06. The molecule has 1 aromatic carbocycles. The zero-order valence-corrected chi connectivity index (χ0v) is 11.0. The summed E-state index contributed by atoms with van der Waals surface area (Å²) >= 11 is 0. The van der Waals surface area contributed by atoms with Gasteiger partial charge < -0.3 is 4.52 Å². The van der Waals surface area contributed by atoms with Gasteiger partial charge in [0.2, 0.25) is 23.5 Å². The Morgan fingerprint density at radius 1 is 1.15 bits per heavy atom. The lowest BCUT2D eigenvalue weighted by molar-refractivity contribution is -0.139. The molecule has 0 bridgehead atoms. The maximum atomic E-state index is 11.5. The van der Waals surface area contributed by atoms with Crippen molar-refractivity contribution in [2.75, 3.05) is 0 Å². The largest absolute Gasteiger partial charge is 0.337 e. The molecule has 1 aliphatic heterocycles. The van der Waals surface area contributed by atoms with Crippen molar-refractivity contribution in [1.82, 2.24) is 15.0 Å². The minimum absolute atomic E-state index is 0.0521. The molecule has 3 rings (SSSR count). The highest BCUT2D eigenvalue weighted by Crippen LogP contribution is 2.19. The van der Waals surface area contributed by atoms with Crippen LogP contribution in [-0.4, -0.2) is 26.9 Å². The van der Waals surface area contributed by atoms with E-state index in [1.54, 1.807) is 0 Å². The van der Waals surface area contributed by atoms with E-state index in [0.29, 0.717) is 5.82 Å². The number of imide groups is 1. The molecule has 2 heterocycles. The lowest BCUT2D eigenvalue weighted by atomic mass is 10.1. The zero-order valence-electron chi connectivity index (χ0n) is 11.0. The third-order valence-electron chi connectivity index (χ3n) is 3.23. The fraction of sp³-hybridized carbons (Fsp3) is 0.286. The highest BCUT2D eigenvalue weighted by molar-refractivity contribution is 6.01. The molecule has 0 N–H and O–H groups in total. The predicted octanol–water partition coefficient (Wildman–Crippen LogP) is 1.69. The maximum absolute atomic E-state index is 11.5. The Labute approximate surface area is 115 Å². The molecule has 2 aromatic rings. The van der Waals surface area contributed by atoms with Crippen molar-refractivity contribution in [3.8, 4) is 11.4 Å². The Hall–Kier alpha value is -2.50. The molecular formula is C14H13N3O3. The quantitative estimate of drug-likeness (QED) is 0.794. The van der Waals surface area contributed by atoms with Gasteiger partial charge in [0.15, 0.2) is 0 Å². The van der Waals surface area contributed by atoms with Crippen molar-refractivity contribution in [2.24, 2.45) is 0 Å². The second-order valence-corrected chi connectivity index (χ2v) is 4.75. The van der Waals surface area contributed by atoms with Gasteiger partial charge in [0, 0.05) is 18.4 Å². The number of nitrogens with zero attached hydrogens (tertiary/aromatic N) is 3. The second kappa shape index (κ2) is 4.88. The summed E-state index contributed by atoms with van der Waals surface area (Å²) in [5.41, 5.74) is 1.98. The first-order chi connectivity index (χ1) is 9.63. The molecule has 0 spiro atoms. The highest BCUT2D eigenvalue weighted by atomic mass is 16.5. The molecule has 2 amide bonds. The topological polar surface area (TPSA) is 76.3 Å². The van der Waals surface area contributed by atoms with Crippen molar-refractivity contribution in [3.63, 3.8) is 0 Å². The maximum Gasteiger partial charge on any atom is 0.247 e. The number of hydrogen-bond acceptors (Lipinski definition) is 5. The summed E-state index contributed by atoms with van der Waals surface area (Å²) in [6.45, 7) is 2.05. The molecule has 6 nitrogen and oxygen atoms in total. The molecule has 1 aromatic heterocycles. The minimum atomic E-state index is -0.190. The van der Waals surface area contributed by atoms with E-state index in [1.807, 2.05) is 31.2 Å². The molecule has 6 heteroatoms. The van der Waals surface area contributed by atoms with E-state index in [-0.39, 0.29) is 37.1 Å². The number of amides is 2. The summed E-state index contributed by atoms with van der Waals surface area (Å²) in [5, 5.41) is 3.87. The Morgan fingerprint density at radius 3 is 2.45 bits per heavy atom. The van der Waals surface area contributed by atoms with Gasteiger partial charge >= 0.3 is 0 Å². The first-order valence-electron chi connectivity index (χ1n) is 6.36. The van der Waals surface area contributed by atoms with Gasteiger partial charge in [-0.25, -0.2) is 0 Å². The number of benzene rings is 1. The van der Waals surface area contributed by atoms with Crippen LogP contribution in [0.15, 0.2) is 28.8 Å². The molecule has 0 radical (unpaired) electrons. The predicted molar refractivity (Wildman–Crippen MR) is 69.3 cm³/mol. The van der Waals surface area contributed by atoms with Gasteiger partial charge in [-0.3, -0.25) is 14.5 Å². The molecule has 20 heavy (non-hydrogen) atoms. The summed E-state index contributed by atoms with van der Waals surface area (Å²) in [7, 11) is 0. The van der Waals surface area contributed by atoms with Gasteiger partial charge in [-0.2, -0.15) is 4.98 Å². The van der Waals surface area contributed by atoms with E-state index >= 15 is 0 Å². The van der Waals surface area contributed by atoms with Crippen LogP contribution in [0, 0.1) is 6.92 Å². The molecule has 0 aliphatic carbocycles. The first kappa shape index (κ1) is 12.5. The lowest BCUT2D eigenvalue weighted by Crippen LogP contribution is -2.28. The van der Waals surface area contributed by atoms with Crippen LogP contribution in [0.4, 0.5) is 0 Å². The van der Waals surface area contributed by atoms with E-state index in [2.05, 4.69) is 10.1 Å². The van der Waals surface area contributed by atoms with Crippen LogP contribution in [0.1, 0.15) is 24.3 Å². The van der Waals surface area contributed by atoms with Gasteiger partial charge in [-0.05, 0) is 6.92 Å². The van der Waals surface area contributed by atoms with Gasteiger partial charge in [0.25, 0.3) is 0 Å². The van der Waals surface area contributed by atoms with E-state index in [4.69, 9.17) is 4.52 Å². The van der Waals surface area contributed by atoms with Crippen molar-refractivity contribution in [1.29, 1.82) is 0 Å². The van der Waals surface area contributed by atoms with E-state index in [9.17, 15) is 9.59 Å². The molecule has 0 atom stereocenters. The SMILES string of the molecule is Cc1ccc(-c2noc(CN3C(=O)CCC3=O)n2)cc1. The third-order valence-corrected chi connectivity index (χ3v) is 3.23. The normalized spacial score (nSPS) is 15.2. The number of carbonyl (C=O) groups excluding carboxylic acids is 2. The number of carbonyl (C=O) groups is 2. The van der Waals surface area contributed by atoms with Crippen molar-refractivity contribution < 1.29 is 14.1 Å². The monoisotopic (exact) mass is 271 g/mol. The standard InChI is InChI=1S/C14H13N3O3/c1-9-2-4-10(5-3-9)14-15-11(20-16-14)8-17-12(18)6-7-13(17)19/h2-5H,6-8H2,1H3. The Bertz CT molecular complexity index is 645. The molecule has 1 saturated heterocycles. The third kappa shape index (κ3) is 2.32. The fourth-order valence-corrected chi connectivity index (χ4v) is 2.07. The van der Waals surface area contributed by atoms with Crippen LogP contribution in [0.5, 0.6) is 0 Å². The van der Waals surface area contributed by atoms with E-state index in [1.165, 1.54) is 0 Å². The number of aryl methyl sites for hydroxylation is 1. The summed E-state index contributed by atoms with van der Waals surface area (Å²) in [4.78, 5) is 28.4. The molecule has 1 aliphatic rings. The van der Waals surface area contributed by atoms with Gasteiger partial charge in [-0.1, -0.05) is 35.0 Å². The first-order valence-corrected chi connectivity index (χ1v) is 6.36.